The lowest BCUT2D eigenvalue weighted by Crippen LogP contribution is -2.38. The van der Waals surface area contributed by atoms with E-state index in [1.807, 2.05) is 13.8 Å². The molecule has 1 rings (SSSR count). The molecule has 3 N–H and O–H groups in total. The monoisotopic (exact) mass is 411 g/mol. The molecule has 1 aromatic rings. The van der Waals surface area contributed by atoms with Crippen molar-refractivity contribution in [2.45, 2.75) is 26.3 Å². The second kappa shape index (κ2) is 7.25. The van der Waals surface area contributed by atoms with E-state index >= 15 is 0 Å². The smallest absolute Gasteiger partial charge is 0.264 e. The van der Waals surface area contributed by atoms with E-state index in [1.54, 1.807) is 11.0 Å². The van der Waals surface area contributed by atoms with E-state index in [0.717, 1.165) is 8.26 Å². The van der Waals surface area contributed by atoms with Gasteiger partial charge in [0.2, 0.25) is 0 Å². The maximum Gasteiger partial charge on any atom is 0.264 e. The predicted octanol–water partition coefficient (Wildman–Crippen LogP) is 3.26. The van der Waals surface area contributed by atoms with Gasteiger partial charge in [0.1, 0.15) is 5.84 Å². The van der Waals surface area contributed by atoms with Gasteiger partial charge in [0.05, 0.1) is 8.66 Å². The average Bonchev–Trinajstić information content (AvgIpc) is 2.68. The highest BCUT2D eigenvalue weighted by Gasteiger charge is 2.21. The molecule has 1 amide bonds. The highest BCUT2D eigenvalue weighted by Crippen LogP contribution is 2.33. The molecule has 0 fully saturated rings. The molecule has 0 spiro atoms. The number of carbonyl (C=O) groups is 1. The van der Waals surface area contributed by atoms with Gasteiger partial charge in [0.25, 0.3) is 5.91 Å². The lowest BCUT2D eigenvalue weighted by Gasteiger charge is -2.26. The van der Waals surface area contributed by atoms with Crippen molar-refractivity contribution >= 4 is 54.9 Å². The third-order valence-electron chi connectivity index (χ3n) is 2.48. The summed E-state index contributed by atoms with van der Waals surface area (Å²) >= 11 is 8.11. The summed E-state index contributed by atoms with van der Waals surface area (Å²) in [7, 11) is 0. The number of nitrogens with zero attached hydrogens (tertiary/aromatic N) is 2. The molecule has 0 atom stereocenters. The summed E-state index contributed by atoms with van der Waals surface area (Å²) in [6.07, 6.45) is 0.341. The Balaban J connectivity index is 2.84. The van der Waals surface area contributed by atoms with Crippen LogP contribution < -0.4 is 5.73 Å². The minimum absolute atomic E-state index is 0.0404. The van der Waals surface area contributed by atoms with Gasteiger partial charge in [-0.3, -0.25) is 4.79 Å². The molecule has 19 heavy (non-hydrogen) atoms. The Bertz CT molecular complexity index is 469. The Hall–Kier alpha value is -0.600. The van der Waals surface area contributed by atoms with E-state index in [4.69, 9.17) is 10.9 Å². The number of nitrogens with two attached hydrogens (primary N) is 1. The van der Waals surface area contributed by atoms with Crippen molar-refractivity contribution in [3.8, 4) is 0 Å². The van der Waals surface area contributed by atoms with Crippen LogP contribution in [0.2, 0.25) is 0 Å². The van der Waals surface area contributed by atoms with E-state index in [9.17, 15) is 4.79 Å². The molecule has 0 radical (unpaired) electrons. The Morgan fingerprint density at radius 3 is 2.63 bits per heavy atom. The normalized spacial score (nSPS) is 11.9. The van der Waals surface area contributed by atoms with Gasteiger partial charge in [-0.15, -0.1) is 11.3 Å². The summed E-state index contributed by atoms with van der Waals surface area (Å²) in [5.41, 5.74) is 5.44. The average molecular weight is 413 g/mol. The SMILES string of the molecule is CC(C)N(CCC(N)=NO)C(=O)c1cc(Br)c(Br)s1. The molecule has 0 aromatic carbocycles. The van der Waals surface area contributed by atoms with E-state index in [0.29, 0.717) is 17.8 Å². The predicted molar refractivity (Wildman–Crippen MR) is 83.9 cm³/mol. The molecule has 1 aromatic heterocycles. The first-order valence-electron chi connectivity index (χ1n) is 5.59. The summed E-state index contributed by atoms with van der Waals surface area (Å²) in [6.45, 7) is 4.28. The zero-order valence-corrected chi connectivity index (χ0v) is 14.5. The van der Waals surface area contributed by atoms with Crippen molar-refractivity contribution in [2.24, 2.45) is 10.9 Å². The second-order valence-corrected chi connectivity index (χ2v) is 7.39. The molecule has 0 aliphatic carbocycles. The van der Waals surface area contributed by atoms with Crippen LogP contribution in [-0.2, 0) is 0 Å². The molecule has 0 aliphatic rings. The van der Waals surface area contributed by atoms with Crippen LogP contribution in [0, 0.1) is 0 Å². The van der Waals surface area contributed by atoms with Gasteiger partial charge in [-0.1, -0.05) is 5.16 Å². The number of amides is 1. The van der Waals surface area contributed by atoms with Gasteiger partial charge in [-0.2, -0.15) is 0 Å². The first-order chi connectivity index (χ1) is 8.86. The van der Waals surface area contributed by atoms with Crippen LogP contribution in [0.25, 0.3) is 0 Å². The summed E-state index contributed by atoms with van der Waals surface area (Å²) in [5, 5.41) is 11.4. The van der Waals surface area contributed by atoms with E-state index in [2.05, 4.69) is 37.0 Å². The highest BCUT2D eigenvalue weighted by atomic mass is 79.9. The first kappa shape index (κ1) is 16.5. The summed E-state index contributed by atoms with van der Waals surface area (Å²) in [5.74, 6) is 0.0594. The van der Waals surface area contributed by atoms with Crippen LogP contribution in [0.5, 0.6) is 0 Å². The Kier molecular flexibility index (Phi) is 6.28. The zero-order chi connectivity index (χ0) is 14.6. The van der Waals surface area contributed by atoms with Crippen LogP contribution in [0.15, 0.2) is 19.5 Å². The number of oxime groups is 1. The van der Waals surface area contributed by atoms with Gasteiger partial charge in [-0.25, -0.2) is 0 Å². The van der Waals surface area contributed by atoms with Crippen molar-refractivity contribution in [2.75, 3.05) is 6.54 Å². The van der Waals surface area contributed by atoms with Crippen LogP contribution >= 0.6 is 43.2 Å². The molecule has 0 bridgehead atoms. The fourth-order valence-electron chi connectivity index (χ4n) is 1.47. The quantitative estimate of drug-likeness (QED) is 0.337. The van der Waals surface area contributed by atoms with Crippen molar-refractivity contribution in [3.05, 3.63) is 19.2 Å². The number of thiophene rings is 1. The molecule has 106 valence electrons. The lowest BCUT2D eigenvalue weighted by molar-refractivity contribution is 0.0716. The third-order valence-corrected chi connectivity index (χ3v) is 5.72. The number of carbonyl (C=O) groups excluding carboxylic acids is 1. The van der Waals surface area contributed by atoms with Crippen molar-refractivity contribution in [1.29, 1.82) is 0 Å². The largest absolute Gasteiger partial charge is 0.409 e. The van der Waals surface area contributed by atoms with Gasteiger partial charge >= 0.3 is 0 Å². The van der Waals surface area contributed by atoms with Crippen LogP contribution in [0.3, 0.4) is 0 Å². The Morgan fingerprint density at radius 2 is 2.21 bits per heavy atom. The Morgan fingerprint density at radius 1 is 1.58 bits per heavy atom. The standard InChI is InChI=1S/C11H15Br2N3O2S/c1-6(2)16(4-3-9(14)15-18)11(17)8-5-7(12)10(13)19-8/h5-6,18H,3-4H2,1-2H3,(H2,14,15). The van der Waals surface area contributed by atoms with Gasteiger partial charge < -0.3 is 15.8 Å². The lowest BCUT2D eigenvalue weighted by atomic mass is 10.2. The van der Waals surface area contributed by atoms with Crippen molar-refractivity contribution in [1.82, 2.24) is 4.90 Å². The number of halogens is 2. The van der Waals surface area contributed by atoms with Gasteiger partial charge in [-0.05, 0) is 51.8 Å². The van der Waals surface area contributed by atoms with Crippen LogP contribution in [-0.4, -0.2) is 34.4 Å². The van der Waals surface area contributed by atoms with Crippen LogP contribution in [0.4, 0.5) is 0 Å². The fourth-order valence-corrected chi connectivity index (χ4v) is 3.46. The maximum absolute atomic E-state index is 12.4. The third kappa shape index (κ3) is 4.47. The first-order valence-corrected chi connectivity index (χ1v) is 7.99. The summed E-state index contributed by atoms with van der Waals surface area (Å²) in [6, 6.07) is 1.83. The molecule has 1 heterocycles. The molecule has 8 heteroatoms. The van der Waals surface area contributed by atoms with Crippen LogP contribution in [0.1, 0.15) is 29.9 Å². The fraction of sp³-hybridized carbons (Fsp3) is 0.455. The highest BCUT2D eigenvalue weighted by molar-refractivity contribution is 9.13. The summed E-state index contributed by atoms with van der Waals surface area (Å²) in [4.78, 5) is 14.7. The zero-order valence-electron chi connectivity index (χ0n) is 10.6. The van der Waals surface area contributed by atoms with Gasteiger partial charge in [0, 0.05) is 23.5 Å². The second-order valence-electron chi connectivity index (χ2n) is 4.17. The summed E-state index contributed by atoms with van der Waals surface area (Å²) < 4.78 is 1.75. The molecule has 0 aliphatic heterocycles. The van der Waals surface area contributed by atoms with E-state index in [-0.39, 0.29) is 17.8 Å². The molecule has 5 nitrogen and oxygen atoms in total. The number of hydrogen-bond donors (Lipinski definition) is 2. The molecule has 0 unspecified atom stereocenters. The van der Waals surface area contributed by atoms with Gasteiger partial charge in [0.15, 0.2) is 0 Å². The van der Waals surface area contributed by atoms with E-state index < -0.39 is 0 Å². The van der Waals surface area contributed by atoms with E-state index in [1.165, 1.54) is 11.3 Å². The van der Waals surface area contributed by atoms with Crippen molar-refractivity contribution in [3.63, 3.8) is 0 Å². The van der Waals surface area contributed by atoms with Crippen molar-refractivity contribution < 1.29 is 10.0 Å². The number of amidine groups is 1. The minimum Gasteiger partial charge on any atom is -0.409 e. The maximum atomic E-state index is 12.4. The molecular formula is C11H15Br2N3O2S. The Labute approximate surface area is 132 Å². The molecule has 0 saturated heterocycles. The number of hydrogen-bond acceptors (Lipinski definition) is 4. The minimum atomic E-state index is -0.0582. The topological polar surface area (TPSA) is 78.9 Å². The molecular weight excluding hydrogens is 398 g/mol. The molecule has 0 saturated carbocycles. The number of rotatable bonds is 5.